The zero-order valence-corrected chi connectivity index (χ0v) is 19.4. The number of aromatic nitrogens is 1. The molecule has 0 aliphatic heterocycles. The number of pyridine rings is 1. The van der Waals surface area contributed by atoms with Gasteiger partial charge in [-0.2, -0.15) is 0 Å². The van der Waals surface area contributed by atoms with Gasteiger partial charge in [0.2, 0.25) is 0 Å². The van der Waals surface area contributed by atoms with Crippen molar-refractivity contribution in [2.75, 3.05) is 24.2 Å². The Balaban J connectivity index is 1.67. The quantitative estimate of drug-likeness (QED) is 0.487. The normalized spacial score (nSPS) is 16.9. The van der Waals surface area contributed by atoms with Gasteiger partial charge < -0.3 is 25.1 Å². The molecule has 1 atom stereocenters. The number of carbonyl (C=O) groups excluding carboxylic acids is 1. The minimum Gasteiger partial charge on any atom is -0.504 e. The first-order chi connectivity index (χ1) is 15.5. The van der Waals surface area contributed by atoms with E-state index in [2.05, 4.69) is 29.5 Å². The second-order valence-corrected chi connectivity index (χ2v) is 9.22. The Morgan fingerprint density at radius 2 is 2.00 bits per heavy atom. The molecule has 3 aromatic rings. The van der Waals surface area contributed by atoms with Crippen molar-refractivity contribution in [1.29, 1.82) is 0 Å². The monoisotopic (exact) mass is 452 g/mol. The highest BCUT2D eigenvalue weighted by Crippen LogP contribution is 2.46. The zero-order chi connectivity index (χ0) is 24.1. The molecule has 1 aliphatic carbocycles. The van der Waals surface area contributed by atoms with E-state index in [1.807, 2.05) is 13.0 Å². The lowest BCUT2D eigenvalue weighted by Crippen LogP contribution is -2.41. The summed E-state index contributed by atoms with van der Waals surface area (Å²) in [5, 5.41) is 16.7. The lowest BCUT2D eigenvalue weighted by Gasteiger charge is -2.38. The molecule has 0 saturated heterocycles. The predicted molar refractivity (Wildman–Crippen MR) is 125 cm³/mol. The number of fused-ring (bicyclic) bond motifs is 1. The van der Waals surface area contributed by atoms with Gasteiger partial charge >= 0.3 is 0 Å². The topological polar surface area (TPSA) is 125 Å². The van der Waals surface area contributed by atoms with E-state index in [0.717, 1.165) is 29.9 Å². The second kappa shape index (κ2) is 8.06. The fraction of sp³-hybridized carbons (Fsp3) is 0.417. The van der Waals surface area contributed by atoms with Crippen LogP contribution >= 0.6 is 0 Å². The molecule has 1 amide bonds. The van der Waals surface area contributed by atoms with Crippen LogP contribution in [0.3, 0.4) is 0 Å². The van der Waals surface area contributed by atoms with Crippen LogP contribution in [-0.2, 0) is 6.42 Å². The zero-order valence-electron chi connectivity index (χ0n) is 19.4. The number of aromatic hydroxyl groups is 1. The summed E-state index contributed by atoms with van der Waals surface area (Å²) >= 11 is 0. The summed E-state index contributed by atoms with van der Waals surface area (Å²) in [6.45, 7) is 8.29. The van der Waals surface area contributed by atoms with Gasteiger partial charge in [-0.25, -0.2) is 4.98 Å². The molecule has 1 aliphatic rings. The molecular formula is C24H28N4O5. The number of anilines is 3. The molecule has 2 aromatic heterocycles. The van der Waals surface area contributed by atoms with Crippen LogP contribution in [0.4, 0.5) is 17.1 Å². The second-order valence-electron chi connectivity index (χ2n) is 9.22. The van der Waals surface area contributed by atoms with Crippen molar-refractivity contribution in [2.45, 2.75) is 46.6 Å². The summed E-state index contributed by atoms with van der Waals surface area (Å²) in [7, 11) is 1.60. The highest BCUT2D eigenvalue weighted by Gasteiger charge is 2.40. The van der Waals surface area contributed by atoms with E-state index in [0.29, 0.717) is 6.54 Å². The Kier molecular flexibility index (Phi) is 5.51. The van der Waals surface area contributed by atoms with E-state index < -0.39 is 16.8 Å². The number of rotatable bonds is 6. The molecule has 0 radical (unpaired) electrons. The van der Waals surface area contributed by atoms with Crippen molar-refractivity contribution < 1.29 is 14.3 Å². The molecule has 0 unspecified atom stereocenters. The molecule has 4 rings (SSSR count). The molecule has 9 heteroatoms. The Morgan fingerprint density at radius 1 is 1.30 bits per heavy atom. The average molecular weight is 453 g/mol. The summed E-state index contributed by atoms with van der Waals surface area (Å²) in [5.41, 5.74) is -0.322. The maximum atomic E-state index is 12.5. The van der Waals surface area contributed by atoms with Gasteiger partial charge in [-0.15, -0.1) is 0 Å². The van der Waals surface area contributed by atoms with E-state index in [9.17, 15) is 19.5 Å². The van der Waals surface area contributed by atoms with Crippen molar-refractivity contribution in [3.63, 3.8) is 0 Å². The Morgan fingerprint density at radius 3 is 2.70 bits per heavy atom. The molecule has 0 fully saturated rings. The number of aryl methyl sites for hydroxylation is 2. The molecular weight excluding hydrogens is 424 g/mol. The Hall–Kier alpha value is -3.62. The average Bonchev–Trinajstić information content (AvgIpc) is 3.17. The highest BCUT2D eigenvalue weighted by atomic mass is 16.3. The minimum absolute atomic E-state index is 0.0370. The summed E-state index contributed by atoms with van der Waals surface area (Å²) < 4.78 is 5.94. The van der Waals surface area contributed by atoms with Gasteiger partial charge in [0.1, 0.15) is 22.9 Å². The van der Waals surface area contributed by atoms with Crippen LogP contribution in [0.25, 0.3) is 0 Å². The van der Waals surface area contributed by atoms with Crippen LogP contribution in [0, 0.1) is 12.3 Å². The highest BCUT2D eigenvalue weighted by molar-refractivity contribution is 5.97. The molecule has 3 N–H and O–H groups in total. The van der Waals surface area contributed by atoms with Gasteiger partial charge in [-0.05, 0) is 49.8 Å². The van der Waals surface area contributed by atoms with Crippen molar-refractivity contribution >= 4 is 23.0 Å². The number of nitrogens with one attached hydrogen (secondary N) is 2. The first-order valence-electron chi connectivity index (χ1n) is 10.9. The number of carbonyl (C=O) groups is 1. The first-order valence-corrected chi connectivity index (χ1v) is 10.9. The maximum Gasteiger partial charge on any atom is 0.276 e. The van der Waals surface area contributed by atoms with Gasteiger partial charge in [0.05, 0.1) is 11.7 Å². The largest absolute Gasteiger partial charge is 0.504 e. The molecule has 2 heterocycles. The van der Waals surface area contributed by atoms with Crippen molar-refractivity contribution in [3.8, 4) is 5.75 Å². The van der Waals surface area contributed by atoms with E-state index in [4.69, 9.17) is 4.42 Å². The van der Waals surface area contributed by atoms with Crippen LogP contribution in [0.15, 0.2) is 32.3 Å². The van der Waals surface area contributed by atoms with Crippen LogP contribution in [0.5, 0.6) is 5.75 Å². The van der Waals surface area contributed by atoms with Crippen LogP contribution in [0.1, 0.15) is 60.8 Å². The van der Waals surface area contributed by atoms with Gasteiger partial charge in [0, 0.05) is 19.8 Å². The maximum absolute atomic E-state index is 12.5. The summed E-state index contributed by atoms with van der Waals surface area (Å²) in [5.74, 6) is 0.726. The lowest BCUT2D eigenvalue weighted by molar-refractivity contribution is 0.0793. The van der Waals surface area contributed by atoms with Crippen molar-refractivity contribution in [1.82, 2.24) is 9.88 Å². The van der Waals surface area contributed by atoms with Gasteiger partial charge in [-0.3, -0.25) is 14.4 Å². The van der Waals surface area contributed by atoms with E-state index in [-0.39, 0.29) is 40.0 Å². The van der Waals surface area contributed by atoms with Crippen LogP contribution in [0.2, 0.25) is 0 Å². The first kappa shape index (κ1) is 22.6. The number of nitrogens with zero attached hydrogens (tertiary/aromatic N) is 2. The number of hydrogen-bond acceptors (Lipinski definition) is 8. The smallest absolute Gasteiger partial charge is 0.276 e. The molecule has 1 aromatic carbocycles. The molecule has 0 saturated carbocycles. The standard InChI is InChI=1S/C24H28N4O5/c1-6-28(5)23(32)17-18(29)14(8-10-25-17)26-15-16(20(31)19(15)30)27-22-21-13(11-12(2)33-21)7-9-24(22,3)4/h8,10-11,22,27,29H,6-7,9H2,1-5H3,(H,25,26)/t22-/m1/s1. The van der Waals surface area contributed by atoms with Gasteiger partial charge in [0.25, 0.3) is 16.8 Å². The molecule has 0 spiro atoms. The van der Waals surface area contributed by atoms with Crippen molar-refractivity contribution in [3.05, 3.63) is 61.6 Å². The van der Waals surface area contributed by atoms with Crippen LogP contribution < -0.4 is 21.5 Å². The third-order valence-electron chi connectivity index (χ3n) is 6.45. The Labute approximate surface area is 191 Å². The van der Waals surface area contributed by atoms with Gasteiger partial charge in [0.15, 0.2) is 11.4 Å². The molecule has 174 valence electrons. The van der Waals surface area contributed by atoms with Gasteiger partial charge in [-0.1, -0.05) is 13.8 Å². The molecule has 33 heavy (non-hydrogen) atoms. The fourth-order valence-corrected chi connectivity index (χ4v) is 4.20. The van der Waals surface area contributed by atoms with E-state index >= 15 is 0 Å². The molecule has 0 bridgehead atoms. The van der Waals surface area contributed by atoms with Crippen LogP contribution in [-0.4, -0.2) is 34.5 Å². The lowest BCUT2D eigenvalue weighted by atomic mass is 9.73. The third-order valence-corrected chi connectivity index (χ3v) is 6.45. The Bertz CT molecular complexity index is 1300. The summed E-state index contributed by atoms with van der Waals surface area (Å²) in [6.07, 6.45) is 3.12. The number of amides is 1. The van der Waals surface area contributed by atoms with E-state index in [1.165, 1.54) is 17.2 Å². The third kappa shape index (κ3) is 3.77. The molecule has 9 nitrogen and oxygen atoms in total. The van der Waals surface area contributed by atoms with E-state index in [1.54, 1.807) is 14.0 Å². The predicted octanol–water partition coefficient (Wildman–Crippen LogP) is 3.25. The minimum atomic E-state index is -0.697. The number of furan rings is 1. The SMILES string of the molecule is CCN(C)C(=O)c1nccc(Nc2c(N[C@@H]3c4oc(C)cc4CCC3(C)C)c(=O)c2=O)c1O. The van der Waals surface area contributed by atoms with Crippen molar-refractivity contribution in [2.24, 2.45) is 5.41 Å². The number of hydrogen-bond donors (Lipinski definition) is 3. The fourth-order valence-electron chi connectivity index (χ4n) is 4.20. The summed E-state index contributed by atoms with van der Waals surface area (Å²) in [4.78, 5) is 42.7. The summed E-state index contributed by atoms with van der Waals surface area (Å²) in [6, 6.07) is 3.14.